The first-order chi connectivity index (χ1) is 8.99. The van der Waals surface area contributed by atoms with E-state index >= 15 is 0 Å². The summed E-state index contributed by atoms with van der Waals surface area (Å²) in [7, 11) is -3.54. The van der Waals surface area contributed by atoms with E-state index < -0.39 is 10.0 Å². The molecule has 5 heteroatoms. The standard InChI is InChI=1S/C14H20N2O2S/c1-11-7-9-13(10-8-11)19(17,18)16-15-14-6-4-3-5-12(14)2/h7-10,12,16H,3-6H2,1-2H3/b15-14-/t12-/m0/s1. The van der Waals surface area contributed by atoms with Gasteiger partial charge in [0.1, 0.15) is 0 Å². The van der Waals surface area contributed by atoms with Crippen molar-refractivity contribution in [1.29, 1.82) is 0 Å². The first-order valence-corrected chi connectivity index (χ1v) is 8.12. The monoisotopic (exact) mass is 280 g/mol. The highest BCUT2D eigenvalue weighted by molar-refractivity contribution is 7.89. The molecule has 2 rings (SSSR count). The van der Waals surface area contributed by atoms with Gasteiger partial charge >= 0.3 is 0 Å². The van der Waals surface area contributed by atoms with Crippen LogP contribution in [-0.2, 0) is 10.0 Å². The fourth-order valence-corrected chi connectivity index (χ4v) is 3.06. The number of hydrogen-bond donors (Lipinski definition) is 1. The van der Waals surface area contributed by atoms with Crippen molar-refractivity contribution >= 4 is 15.7 Å². The molecule has 1 aromatic carbocycles. The molecule has 0 radical (unpaired) electrons. The van der Waals surface area contributed by atoms with Crippen LogP contribution in [0.4, 0.5) is 0 Å². The van der Waals surface area contributed by atoms with Crippen LogP contribution >= 0.6 is 0 Å². The molecule has 19 heavy (non-hydrogen) atoms. The molecule has 104 valence electrons. The van der Waals surface area contributed by atoms with E-state index in [4.69, 9.17) is 0 Å². The summed E-state index contributed by atoms with van der Waals surface area (Å²) in [5.41, 5.74) is 1.99. The highest BCUT2D eigenvalue weighted by Crippen LogP contribution is 2.21. The van der Waals surface area contributed by atoms with E-state index in [1.807, 2.05) is 6.92 Å². The molecule has 0 unspecified atom stereocenters. The fourth-order valence-electron chi connectivity index (χ4n) is 2.22. The first-order valence-electron chi connectivity index (χ1n) is 6.64. The summed E-state index contributed by atoms with van der Waals surface area (Å²) in [6, 6.07) is 6.76. The number of aryl methyl sites for hydroxylation is 1. The summed E-state index contributed by atoms with van der Waals surface area (Å²) >= 11 is 0. The molecular weight excluding hydrogens is 260 g/mol. The second-order valence-corrected chi connectivity index (χ2v) is 6.82. The molecule has 0 bridgehead atoms. The van der Waals surface area contributed by atoms with Gasteiger partial charge in [-0.25, -0.2) is 4.83 Å². The average Bonchev–Trinajstić information content (AvgIpc) is 2.38. The molecule has 1 saturated carbocycles. The van der Waals surface area contributed by atoms with Crippen LogP contribution < -0.4 is 4.83 Å². The number of hydrogen-bond acceptors (Lipinski definition) is 3. The van der Waals surface area contributed by atoms with Gasteiger partial charge in [0, 0.05) is 5.71 Å². The van der Waals surface area contributed by atoms with E-state index in [2.05, 4.69) is 16.9 Å². The van der Waals surface area contributed by atoms with Gasteiger partial charge in [0.2, 0.25) is 0 Å². The van der Waals surface area contributed by atoms with Gasteiger partial charge < -0.3 is 0 Å². The lowest BCUT2D eigenvalue weighted by Gasteiger charge is -2.19. The third-order valence-corrected chi connectivity index (χ3v) is 4.75. The lowest BCUT2D eigenvalue weighted by Crippen LogP contribution is -2.24. The number of hydrazone groups is 1. The Morgan fingerprint density at radius 2 is 1.89 bits per heavy atom. The summed E-state index contributed by atoms with van der Waals surface area (Å²) in [5, 5.41) is 4.11. The van der Waals surface area contributed by atoms with Crippen molar-refractivity contribution in [1.82, 2.24) is 4.83 Å². The van der Waals surface area contributed by atoms with Crippen molar-refractivity contribution in [3.05, 3.63) is 29.8 Å². The third kappa shape index (κ3) is 3.56. The normalized spacial score (nSPS) is 22.4. The van der Waals surface area contributed by atoms with Crippen molar-refractivity contribution in [2.24, 2.45) is 11.0 Å². The summed E-state index contributed by atoms with van der Waals surface area (Å²) < 4.78 is 24.1. The maximum Gasteiger partial charge on any atom is 0.276 e. The van der Waals surface area contributed by atoms with E-state index in [1.54, 1.807) is 24.3 Å². The molecule has 0 aliphatic heterocycles. The van der Waals surface area contributed by atoms with Gasteiger partial charge in [0.15, 0.2) is 0 Å². The molecule has 1 fully saturated rings. The number of rotatable bonds is 3. The zero-order chi connectivity index (χ0) is 13.9. The van der Waals surface area contributed by atoms with Gasteiger partial charge in [0.05, 0.1) is 4.90 Å². The molecule has 4 nitrogen and oxygen atoms in total. The molecule has 1 aliphatic rings. The van der Waals surface area contributed by atoms with E-state index in [1.165, 1.54) is 6.42 Å². The molecule has 0 amide bonds. The predicted octanol–water partition coefficient (Wildman–Crippen LogP) is 2.84. The Hall–Kier alpha value is -1.36. The highest BCUT2D eigenvalue weighted by atomic mass is 32.2. The van der Waals surface area contributed by atoms with Crippen LogP contribution in [0.1, 0.15) is 38.2 Å². The van der Waals surface area contributed by atoms with Crippen molar-refractivity contribution in [3.8, 4) is 0 Å². The molecule has 0 heterocycles. The number of nitrogens with one attached hydrogen (secondary N) is 1. The molecule has 1 aromatic rings. The minimum absolute atomic E-state index is 0.255. The van der Waals surface area contributed by atoms with Gasteiger partial charge in [-0.05, 0) is 44.2 Å². The Kier molecular flexibility index (Phi) is 4.24. The highest BCUT2D eigenvalue weighted by Gasteiger charge is 2.18. The van der Waals surface area contributed by atoms with E-state index in [0.717, 1.165) is 30.5 Å². The molecule has 0 saturated heterocycles. The molecule has 1 N–H and O–H groups in total. The van der Waals surface area contributed by atoms with Crippen molar-refractivity contribution < 1.29 is 8.42 Å². The maximum absolute atomic E-state index is 12.1. The molecular formula is C14H20N2O2S. The largest absolute Gasteiger partial charge is 0.276 e. The molecule has 0 aromatic heterocycles. The second-order valence-electron chi connectivity index (χ2n) is 5.16. The van der Waals surface area contributed by atoms with Gasteiger partial charge in [-0.2, -0.15) is 13.5 Å². The Balaban J connectivity index is 2.13. The summed E-state index contributed by atoms with van der Waals surface area (Å²) in [4.78, 5) is 2.61. The van der Waals surface area contributed by atoms with Crippen LogP contribution in [0.25, 0.3) is 0 Å². The lowest BCUT2D eigenvalue weighted by molar-refractivity contribution is 0.552. The molecule has 1 aliphatic carbocycles. The Bertz CT molecular complexity index is 562. The van der Waals surface area contributed by atoms with Crippen molar-refractivity contribution in [3.63, 3.8) is 0 Å². The zero-order valence-electron chi connectivity index (χ0n) is 11.4. The number of sulfonamides is 1. The summed E-state index contributed by atoms with van der Waals surface area (Å²) in [6.45, 7) is 4.02. The van der Waals surface area contributed by atoms with Gasteiger partial charge in [-0.15, -0.1) is 0 Å². The summed E-state index contributed by atoms with van der Waals surface area (Å²) in [6.07, 6.45) is 4.27. The minimum Gasteiger partial charge on any atom is -0.200 e. The maximum atomic E-state index is 12.1. The van der Waals surface area contributed by atoms with Gasteiger partial charge in [-0.3, -0.25) is 0 Å². The average molecular weight is 280 g/mol. The van der Waals surface area contributed by atoms with E-state index in [9.17, 15) is 8.42 Å². The predicted molar refractivity (Wildman–Crippen MR) is 76.6 cm³/mol. The minimum atomic E-state index is -3.54. The topological polar surface area (TPSA) is 58.5 Å². The lowest BCUT2D eigenvalue weighted by atomic mass is 9.89. The van der Waals surface area contributed by atoms with Crippen LogP contribution in [0, 0.1) is 12.8 Å². The Labute approximate surface area is 115 Å². The molecule has 1 atom stereocenters. The van der Waals surface area contributed by atoms with E-state index in [0.29, 0.717) is 5.92 Å². The smallest absolute Gasteiger partial charge is 0.200 e. The van der Waals surface area contributed by atoms with Gasteiger partial charge in [-0.1, -0.05) is 31.0 Å². The van der Waals surface area contributed by atoms with Crippen LogP contribution in [-0.4, -0.2) is 14.1 Å². The second kappa shape index (κ2) is 5.74. The molecule has 0 spiro atoms. The number of benzene rings is 1. The quantitative estimate of drug-likeness (QED) is 0.865. The Morgan fingerprint density at radius 3 is 2.53 bits per heavy atom. The van der Waals surface area contributed by atoms with Crippen LogP contribution in [0.5, 0.6) is 0 Å². The van der Waals surface area contributed by atoms with Crippen molar-refractivity contribution in [2.75, 3.05) is 0 Å². The fraction of sp³-hybridized carbons (Fsp3) is 0.500. The van der Waals surface area contributed by atoms with Crippen LogP contribution in [0.3, 0.4) is 0 Å². The van der Waals surface area contributed by atoms with Gasteiger partial charge in [0.25, 0.3) is 10.0 Å². The summed E-state index contributed by atoms with van der Waals surface area (Å²) in [5.74, 6) is 0.370. The van der Waals surface area contributed by atoms with E-state index in [-0.39, 0.29) is 4.90 Å². The zero-order valence-corrected chi connectivity index (χ0v) is 12.2. The number of nitrogens with zero attached hydrogens (tertiary/aromatic N) is 1. The SMILES string of the molecule is Cc1ccc(S(=O)(=O)N/N=C2/CCCC[C@@H]2C)cc1. The van der Waals surface area contributed by atoms with Crippen molar-refractivity contribution in [2.45, 2.75) is 44.4 Å². The first kappa shape index (κ1) is 14.1. The van der Waals surface area contributed by atoms with Crippen LogP contribution in [0.15, 0.2) is 34.3 Å². The van der Waals surface area contributed by atoms with Crippen LogP contribution in [0.2, 0.25) is 0 Å². The Morgan fingerprint density at radius 1 is 1.21 bits per heavy atom. The third-order valence-electron chi connectivity index (χ3n) is 3.53.